The third-order valence-corrected chi connectivity index (χ3v) is 2.94. The van der Waals surface area contributed by atoms with Crippen molar-refractivity contribution in [3.05, 3.63) is 45.9 Å². The predicted molar refractivity (Wildman–Crippen MR) is 66.6 cm³/mol. The molecule has 0 aliphatic carbocycles. The van der Waals surface area contributed by atoms with E-state index < -0.39 is 11.6 Å². The van der Waals surface area contributed by atoms with Crippen LogP contribution in [-0.4, -0.2) is 27.3 Å². The summed E-state index contributed by atoms with van der Waals surface area (Å²) < 4.78 is 15.4. The Morgan fingerprint density at radius 3 is 3.00 bits per heavy atom. The number of nitrogens with zero attached hydrogens (tertiary/aromatic N) is 3. The lowest BCUT2D eigenvalue weighted by atomic mass is 10.1. The second-order valence-electron chi connectivity index (χ2n) is 3.59. The topological polar surface area (TPSA) is 73.8 Å². The van der Waals surface area contributed by atoms with Crippen LogP contribution in [0.2, 0.25) is 0 Å². The number of hydrogen-bond acceptors (Lipinski definition) is 4. The molecule has 1 heterocycles. The van der Waals surface area contributed by atoms with Crippen LogP contribution in [0.3, 0.4) is 0 Å². The van der Waals surface area contributed by atoms with Gasteiger partial charge < -0.3 is 5.73 Å². The molecule has 0 spiro atoms. The van der Waals surface area contributed by atoms with Crippen LogP contribution in [-0.2, 0) is 6.54 Å². The van der Waals surface area contributed by atoms with E-state index in [0.29, 0.717) is 13.1 Å². The minimum atomic E-state index is -0.601. The first-order valence-corrected chi connectivity index (χ1v) is 6.01. The van der Waals surface area contributed by atoms with Gasteiger partial charge in [0.25, 0.3) is 0 Å². The molecule has 0 fully saturated rings. The third kappa shape index (κ3) is 2.46. The Bertz CT molecular complexity index is 584. The van der Waals surface area contributed by atoms with Crippen LogP contribution in [0.25, 0.3) is 0 Å². The Balaban J connectivity index is 2.32. The Morgan fingerprint density at radius 1 is 1.50 bits per heavy atom. The second-order valence-corrected chi connectivity index (χ2v) is 4.44. The maximum atomic E-state index is 13.7. The van der Waals surface area contributed by atoms with Gasteiger partial charge in [0, 0.05) is 6.54 Å². The van der Waals surface area contributed by atoms with E-state index in [1.807, 2.05) is 0 Å². The Morgan fingerprint density at radius 2 is 2.28 bits per heavy atom. The van der Waals surface area contributed by atoms with Crippen LogP contribution in [0.4, 0.5) is 4.39 Å². The highest BCUT2D eigenvalue weighted by Crippen LogP contribution is 2.20. The Labute approximate surface area is 111 Å². The van der Waals surface area contributed by atoms with Crippen LogP contribution in [0.15, 0.2) is 28.9 Å². The highest BCUT2D eigenvalue weighted by Gasteiger charge is 2.18. The molecule has 0 amide bonds. The molecule has 0 saturated heterocycles. The van der Waals surface area contributed by atoms with Crippen LogP contribution >= 0.6 is 15.9 Å². The highest BCUT2D eigenvalue weighted by atomic mass is 79.9. The van der Waals surface area contributed by atoms with Crippen LogP contribution in [0.5, 0.6) is 0 Å². The van der Waals surface area contributed by atoms with Gasteiger partial charge in [-0.1, -0.05) is 11.3 Å². The number of ketones is 1. The maximum absolute atomic E-state index is 13.7. The van der Waals surface area contributed by atoms with Crippen LogP contribution in [0.1, 0.15) is 16.1 Å². The zero-order valence-corrected chi connectivity index (χ0v) is 10.9. The van der Waals surface area contributed by atoms with E-state index in [-0.39, 0.29) is 15.7 Å². The zero-order chi connectivity index (χ0) is 13.1. The summed E-state index contributed by atoms with van der Waals surface area (Å²) in [5.41, 5.74) is 5.42. The molecule has 2 N–H and O–H groups in total. The molecule has 2 rings (SSSR count). The number of carbonyl (C=O) groups is 1. The summed E-state index contributed by atoms with van der Waals surface area (Å²) >= 11 is 3.03. The Kier molecular flexibility index (Phi) is 3.83. The largest absolute Gasteiger partial charge is 0.329 e. The van der Waals surface area contributed by atoms with Gasteiger partial charge in [-0.05, 0) is 28.1 Å². The molecular formula is C11H10BrFN4O. The summed E-state index contributed by atoms with van der Waals surface area (Å²) in [6, 6.07) is 4.52. The van der Waals surface area contributed by atoms with Crippen molar-refractivity contribution >= 4 is 21.7 Å². The van der Waals surface area contributed by atoms with E-state index in [1.165, 1.54) is 23.0 Å². The lowest BCUT2D eigenvalue weighted by Crippen LogP contribution is -2.10. The molecule has 5 nitrogen and oxygen atoms in total. The average molecular weight is 313 g/mol. The Hall–Kier alpha value is -1.60. The standard InChI is InChI=1S/C11H10BrFN4O/c12-8-3-1-2-7(10(8)13)11(18)9-6-17(5-4-14)16-15-9/h1-3,6H,4-5,14H2. The van der Waals surface area contributed by atoms with Gasteiger partial charge in [-0.25, -0.2) is 4.39 Å². The van der Waals surface area contributed by atoms with Gasteiger partial charge in [-0.2, -0.15) is 0 Å². The first kappa shape index (κ1) is 12.8. The van der Waals surface area contributed by atoms with E-state index in [4.69, 9.17) is 5.73 Å². The number of rotatable bonds is 4. The molecule has 7 heteroatoms. The number of halogens is 2. The second kappa shape index (κ2) is 5.36. The molecule has 94 valence electrons. The summed E-state index contributed by atoms with van der Waals surface area (Å²) in [7, 11) is 0. The monoisotopic (exact) mass is 312 g/mol. The van der Waals surface area contributed by atoms with E-state index >= 15 is 0 Å². The predicted octanol–water partition coefficient (Wildman–Crippen LogP) is 1.37. The van der Waals surface area contributed by atoms with Gasteiger partial charge in [-0.3, -0.25) is 9.48 Å². The molecule has 1 aromatic carbocycles. The van der Waals surface area contributed by atoms with Gasteiger partial charge in [0.05, 0.1) is 22.8 Å². The van der Waals surface area contributed by atoms with Gasteiger partial charge in [0.2, 0.25) is 5.78 Å². The molecule has 18 heavy (non-hydrogen) atoms. The fraction of sp³-hybridized carbons (Fsp3) is 0.182. The number of nitrogens with two attached hydrogens (primary N) is 1. The fourth-order valence-electron chi connectivity index (χ4n) is 1.46. The van der Waals surface area contributed by atoms with Crippen molar-refractivity contribution in [2.24, 2.45) is 5.73 Å². The minimum absolute atomic E-state index is 0.0378. The van der Waals surface area contributed by atoms with Crippen molar-refractivity contribution in [2.45, 2.75) is 6.54 Å². The van der Waals surface area contributed by atoms with Crippen LogP contribution < -0.4 is 5.73 Å². The van der Waals surface area contributed by atoms with E-state index in [2.05, 4.69) is 26.2 Å². The highest BCUT2D eigenvalue weighted by molar-refractivity contribution is 9.10. The smallest absolute Gasteiger partial charge is 0.217 e. The molecule has 0 aliphatic rings. The molecule has 0 radical (unpaired) electrons. The van der Waals surface area contributed by atoms with Crippen molar-refractivity contribution in [1.82, 2.24) is 15.0 Å². The van der Waals surface area contributed by atoms with E-state index in [9.17, 15) is 9.18 Å². The summed E-state index contributed by atoms with van der Waals surface area (Å²) in [6.07, 6.45) is 1.45. The number of carbonyl (C=O) groups excluding carboxylic acids is 1. The molecule has 0 bridgehead atoms. The van der Waals surface area contributed by atoms with Gasteiger partial charge >= 0.3 is 0 Å². The lowest BCUT2D eigenvalue weighted by Gasteiger charge is -2.00. The van der Waals surface area contributed by atoms with E-state index in [1.54, 1.807) is 6.07 Å². The molecule has 0 aliphatic heterocycles. The average Bonchev–Trinajstić information content (AvgIpc) is 2.81. The first-order valence-electron chi connectivity index (χ1n) is 5.22. The van der Waals surface area contributed by atoms with E-state index in [0.717, 1.165) is 0 Å². The molecular weight excluding hydrogens is 303 g/mol. The summed E-state index contributed by atoms with van der Waals surface area (Å²) in [5, 5.41) is 7.44. The normalized spacial score (nSPS) is 10.6. The number of benzene rings is 1. The number of aromatic nitrogens is 3. The minimum Gasteiger partial charge on any atom is -0.329 e. The zero-order valence-electron chi connectivity index (χ0n) is 9.31. The van der Waals surface area contributed by atoms with Crippen molar-refractivity contribution in [2.75, 3.05) is 6.54 Å². The molecule has 2 aromatic rings. The van der Waals surface area contributed by atoms with Crippen molar-refractivity contribution in [3.8, 4) is 0 Å². The summed E-state index contributed by atoms with van der Waals surface area (Å²) in [4.78, 5) is 12.0. The van der Waals surface area contributed by atoms with Crippen molar-refractivity contribution in [3.63, 3.8) is 0 Å². The van der Waals surface area contributed by atoms with Crippen molar-refractivity contribution in [1.29, 1.82) is 0 Å². The van der Waals surface area contributed by atoms with Gasteiger partial charge in [0.1, 0.15) is 5.82 Å². The van der Waals surface area contributed by atoms with Gasteiger partial charge in [0.15, 0.2) is 5.69 Å². The molecule has 0 unspecified atom stereocenters. The number of hydrogen-bond donors (Lipinski definition) is 1. The fourth-order valence-corrected chi connectivity index (χ4v) is 1.83. The molecule has 1 aromatic heterocycles. The van der Waals surface area contributed by atoms with Crippen molar-refractivity contribution < 1.29 is 9.18 Å². The molecule has 0 atom stereocenters. The maximum Gasteiger partial charge on any atom is 0.217 e. The first-order chi connectivity index (χ1) is 8.63. The summed E-state index contributed by atoms with van der Waals surface area (Å²) in [5.74, 6) is -1.10. The molecule has 0 saturated carbocycles. The van der Waals surface area contributed by atoms with Gasteiger partial charge in [-0.15, -0.1) is 5.10 Å². The quantitative estimate of drug-likeness (QED) is 0.865. The SMILES string of the molecule is NCCn1cc(C(=O)c2cccc(Br)c2F)nn1. The lowest BCUT2D eigenvalue weighted by molar-refractivity contribution is 0.103. The summed E-state index contributed by atoms with van der Waals surface area (Å²) in [6.45, 7) is 0.851. The third-order valence-electron chi connectivity index (χ3n) is 2.33. The van der Waals surface area contributed by atoms with Crippen LogP contribution in [0, 0.1) is 5.82 Å².